The fourth-order valence-corrected chi connectivity index (χ4v) is 3.84. The van der Waals surface area contributed by atoms with Crippen LogP contribution in [-0.2, 0) is 24.4 Å². The van der Waals surface area contributed by atoms with Gasteiger partial charge in [0, 0.05) is 31.6 Å². The quantitative estimate of drug-likeness (QED) is 0.233. The second-order valence-electron chi connectivity index (χ2n) is 8.25. The second kappa shape index (κ2) is 12.5. The minimum Gasteiger partial charge on any atom is -0.444 e. The smallest absolute Gasteiger partial charge is 0.226 e. The number of hydrogen-bond donors (Lipinski definition) is 2. The molecule has 2 heterocycles. The van der Waals surface area contributed by atoms with Crippen LogP contribution in [0.25, 0.3) is 11.5 Å². The fourth-order valence-electron chi connectivity index (χ4n) is 3.84. The van der Waals surface area contributed by atoms with Crippen molar-refractivity contribution < 1.29 is 9.21 Å². The van der Waals surface area contributed by atoms with Crippen molar-refractivity contribution in [3.8, 4) is 11.5 Å². The Bertz CT molecular complexity index is 1110. The third kappa shape index (κ3) is 6.82. The van der Waals surface area contributed by atoms with Gasteiger partial charge in [-0.2, -0.15) is 0 Å². The van der Waals surface area contributed by atoms with Crippen molar-refractivity contribution in [3.63, 3.8) is 0 Å². The van der Waals surface area contributed by atoms with Crippen LogP contribution in [0.4, 0.5) is 0 Å². The van der Waals surface area contributed by atoms with E-state index in [1.54, 1.807) is 6.26 Å². The highest BCUT2D eigenvalue weighted by Crippen LogP contribution is 2.19. The summed E-state index contributed by atoms with van der Waals surface area (Å²) in [4.78, 5) is 23.3. The number of halogens is 1. The number of hydrogen-bond acceptors (Lipinski definition) is 4. The predicted octanol–water partition coefficient (Wildman–Crippen LogP) is 4.65. The van der Waals surface area contributed by atoms with Gasteiger partial charge in [-0.3, -0.25) is 4.79 Å². The van der Waals surface area contributed by atoms with Crippen molar-refractivity contribution in [1.29, 1.82) is 0 Å². The monoisotopic (exact) mass is 573 g/mol. The van der Waals surface area contributed by atoms with Gasteiger partial charge in [0.15, 0.2) is 5.96 Å². The molecule has 180 valence electrons. The third-order valence-corrected chi connectivity index (χ3v) is 5.69. The number of nitrogens with one attached hydrogen (secondary N) is 2. The first-order chi connectivity index (χ1) is 16.1. The van der Waals surface area contributed by atoms with Gasteiger partial charge in [0.25, 0.3) is 0 Å². The molecule has 0 atom stereocenters. The van der Waals surface area contributed by atoms with Crippen LogP contribution in [0.1, 0.15) is 42.1 Å². The van der Waals surface area contributed by atoms with E-state index in [0.717, 1.165) is 41.9 Å². The van der Waals surface area contributed by atoms with Gasteiger partial charge in [-0.05, 0) is 43.5 Å². The first kappa shape index (κ1) is 25.7. The van der Waals surface area contributed by atoms with Crippen molar-refractivity contribution in [2.45, 2.75) is 46.3 Å². The Morgan fingerprint density at radius 2 is 1.88 bits per heavy atom. The van der Waals surface area contributed by atoms with Gasteiger partial charge in [-0.15, -0.1) is 24.0 Å². The van der Waals surface area contributed by atoms with Gasteiger partial charge >= 0.3 is 0 Å². The second-order valence-corrected chi connectivity index (χ2v) is 8.25. The summed E-state index contributed by atoms with van der Waals surface area (Å²) in [5.41, 5.74) is 5.24. The molecule has 1 aromatic heterocycles. The number of benzene rings is 2. The van der Waals surface area contributed by atoms with Gasteiger partial charge in [0.05, 0.1) is 18.8 Å². The first-order valence-electron chi connectivity index (χ1n) is 11.5. The molecule has 1 aliphatic rings. The SMILES string of the molecule is CCNC(=NCc1ccccc1CN1CCCC1=O)NCc1coc(-c2ccc(C)cc2)n1.I. The number of rotatable bonds is 8. The van der Waals surface area contributed by atoms with E-state index < -0.39 is 0 Å². The molecule has 34 heavy (non-hydrogen) atoms. The highest BCUT2D eigenvalue weighted by molar-refractivity contribution is 14.0. The maximum Gasteiger partial charge on any atom is 0.226 e. The molecular formula is C26H32IN5O2. The number of oxazole rings is 1. The van der Waals surface area contributed by atoms with Crippen LogP contribution in [0.15, 0.2) is 64.2 Å². The summed E-state index contributed by atoms with van der Waals surface area (Å²) in [5.74, 6) is 1.56. The lowest BCUT2D eigenvalue weighted by atomic mass is 10.1. The van der Waals surface area contributed by atoms with Gasteiger partial charge in [0.2, 0.25) is 11.8 Å². The molecule has 3 aromatic rings. The topological polar surface area (TPSA) is 82.8 Å². The van der Waals surface area contributed by atoms with E-state index in [0.29, 0.717) is 37.9 Å². The van der Waals surface area contributed by atoms with Crippen molar-refractivity contribution in [3.05, 3.63) is 77.2 Å². The Labute approximate surface area is 218 Å². The number of amides is 1. The standard InChI is InChI=1S/C26H31N5O2.HI/c1-3-27-26(29-16-23-18-33-25(30-23)20-12-10-19(2)11-13-20)28-15-21-7-4-5-8-22(21)17-31-14-6-9-24(31)32;/h4-5,7-8,10-13,18H,3,6,9,14-17H2,1-2H3,(H2,27,28,29);1H. The molecule has 7 nitrogen and oxygen atoms in total. The molecule has 2 aromatic carbocycles. The van der Waals surface area contributed by atoms with E-state index in [-0.39, 0.29) is 29.9 Å². The lowest BCUT2D eigenvalue weighted by Gasteiger charge is -2.18. The number of aryl methyl sites for hydroxylation is 1. The number of likely N-dealkylation sites (tertiary alicyclic amines) is 1. The number of aliphatic imine (C=N–C) groups is 1. The fraction of sp³-hybridized carbons (Fsp3) is 0.346. The van der Waals surface area contributed by atoms with Crippen LogP contribution >= 0.6 is 24.0 Å². The highest BCUT2D eigenvalue weighted by atomic mass is 127. The van der Waals surface area contributed by atoms with Gasteiger partial charge in [-0.1, -0.05) is 42.0 Å². The van der Waals surface area contributed by atoms with Gasteiger partial charge in [-0.25, -0.2) is 9.98 Å². The zero-order valence-corrected chi connectivity index (χ0v) is 22.0. The predicted molar refractivity (Wildman–Crippen MR) is 145 cm³/mol. The Kier molecular flexibility index (Phi) is 9.50. The molecule has 2 N–H and O–H groups in total. The third-order valence-electron chi connectivity index (χ3n) is 5.69. The Morgan fingerprint density at radius 1 is 1.12 bits per heavy atom. The Hall–Kier alpha value is -2.88. The van der Waals surface area contributed by atoms with Crippen LogP contribution in [0, 0.1) is 6.92 Å². The van der Waals surface area contributed by atoms with Crippen molar-refractivity contribution in [1.82, 2.24) is 20.5 Å². The van der Waals surface area contributed by atoms with Crippen LogP contribution in [0.2, 0.25) is 0 Å². The molecule has 8 heteroatoms. The summed E-state index contributed by atoms with van der Waals surface area (Å²) >= 11 is 0. The molecule has 4 rings (SSSR count). The van der Waals surface area contributed by atoms with Crippen molar-refractivity contribution in [2.24, 2.45) is 4.99 Å². The maximum absolute atomic E-state index is 12.0. The van der Waals surface area contributed by atoms with E-state index in [9.17, 15) is 4.79 Å². The van der Waals surface area contributed by atoms with E-state index in [1.807, 2.05) is 48.2 Å². The zero-order chi connectivity index (χ0) is 23.0. The average Bonchev–Trinajstić information content (AvgIpc) is 3.46. The molecular weight excluding hydrogens is 541 g/mol. The van der Waals surface area contributed by atoms with Crippen LogP contribution < -0.4 is 10.6 Å². The summed E-state index contributed by atoms with van der Waals surface area (Å²) in [5, 5.41) is 6.62. The minimum atomic E-state index is 0. The largest absolute Gasteiger partial charge is 0.444 e. The first-order valence-corrected chi connectivity index (χ1v) is 11.5. The number of nitrogens with zero attached hydrogens (tertiary/aromatic N) is 3. The van der Waals surface area contributed by atoms with E-state index in [4.69, 9.17) is 9.41 Å². The summed E-state index contributed by atoms with van der Waals surface area (Å²) in [7, 11) is 0. The normalized spacial score (nSPS) is 13.6. The maximum atomic E-state index is 12.0. The van der Waals surface area contributed by atoms with Crippen molar-refractivity contribution in [2.75, 3.05) is 13.1 Å². The minimum absolute atomic E-state index is 0. The molecule has 0 saturated carbocycles. The lowest BCUT2D eigenvalue weighted by Crippen LogP contribution is -2.36. The van der Waals surface area contributed by atoms with Gasteiger partial charge < -0.3 is 20.0 Å². The van der Waals surface area contributed by atoms with E-state index in [2.05, 4.69) is 34.7 Å². The molecule has 1 saturated heterocycles. The molecule has 0 spiro atoms. The Morgan fingerprint density at radius 3 is 2.59 bits per heavy atom. The molecule has 0 unspecified atom stereocenters. The Balaban J connectivity index is 0.00000324. The number of carbonyl (C=O) groups excluding carboxylic acids is 1. The molecule has 0 bridgehead atoms. The van der Waals surface area contributed by atoms with Crippen molar-refractivity contribution >= 4 is 35.8 Å². The molecule has 1 amide bonds. The highest BCUT2D eigenvalue weighted by Gasteiger charge is 2.20. The summed E-state index contributed by atoms with van der Waals surface area (Å²) in [6.07, 6.45) is 3.28. The summed E-state index contributed by atoms with van der Waals surface area (Å²) in [6, 6.07) is 16.3. The molecule has 0 radical (unpaired) electrons. The van der Waals surface area contributed by atoms with E-state index in [1.165, 1.54) is 5.56 Å². The average molecular weight is 573 g/mol. The van der Waals surface area contributed by atoms with Crippen LogP contribution in [-0.4, -0.2) is 34.8 Å². The molecule has 0 aliphatic carbocycles. The molecule has 1 aliphatic heterocycles. The molecule has 1 fully saturated rings. The number of guanidine groups is 1. The van der Waals surface area contributed by atoms with E-state index >= 15 is 0 Å². The lowest BCUT2D eigenvalue weighted by molar-refractivity contribution is -0.128. The number of aromatic nitrogens is 1. The van der Waals surface area contributed by atoms with Gasteiger partial charge in [0.1, 0.15) is 6.26 Å². The summed E-state index contributed by atoms with van der Waals surface area (Å²) < 4.78 is 5.66. The van der Waals surface area contributed by atoms with Crippen LogP contribution in [0.3, 0.4) is 0 Å². The van der Waals surface area contributed by atoms with Crippen LogP contribution in [0.5, 0.6) is 0 Å². The summed E-state index contributed by atoms with van der Waals surface area (Å²) in [6.45, 7) is 7.36. The number of carbonyl (C=O) groups is 1. The zero-order valence-electron chi connectivity index (χ0n) is 19.7.